The van der Waals surface area contributed by atoms with Gasteiger partial charge in [0, 0.05) is 31.1 Å². The van der Waals surface area contributed by atoms with Gasteiger partial charge < -0.3 is 10.8 Å². The van der Waals surface area contributed by atoms with Crippen LogP contribution in [-0.2, 0) is 0 Å². The molecule has 0 bridgehead atoms. The number of benzene rings is 1. The summed E-state index contributed by atoms with van der Waals surface area (Å²) in [5, 5.41) is 7.19. The van der Waals surface area contributed by atoms with Crippen LogP contribution in [0.4, 0.5) is 4.79 Å². The monoisotopic (exact) mass is 376 g/mol. The molecule has 11 heavy (non-hydrogen) atoms. The van der Waals surface area contributed by atoms with Gasteiger partial charge in [-0.05, 0) is 0 Å². The van der Waals surface area contributed by atoms with Crippen molar-refractivity contribution < 1.29 is 41.0 Å². The van der Waals surface area contributed by atoms with Gasteiger partial charge in [-0.2, -0.15) is 36.4 Å². The van der Waals surface area contributed by atoms with E-state index in [0.29, 0.717) is 0 Å². The summed E-state index contributed by atoms with van der Waals surface area (Å²) in [5.41, 5.74) is 4.03. The molecule has 58 valence electrons. The number of carboxylic acid groups (broad SMARTS) is 1. The minimum atomic E-state index is -1.33. The summed E-state index contributed by atoms with van der Waals surface area (Å²) < 4.78 is 0. The molecule has 0 aliphatic heterocycles. The third-order valence-corrected chi connectivity index (χ3v) is 0.607. The molecule has 3 nitrogen and oxygen atoms in total. The van der Waals surface area contributed by atoms with Crippen molar-refractivity contribution >= 4 is 6.09 Å². The average Bonchev–Trinajstić information content (AvgIpc) is 1.90. The van der Waals surface area contributed by atoms with E-state index in [4.69, 9.17) is 9.90 Å². The molecule has 0 radical (unpaired) electrons. The van der Waals surface area contributed by atoms with Gasteiger partial charge in [-0.1, -0.05) is 0 Å². The average molecular weight is 376 g/mol. The predicted octanol–water partition coefficient (Wildman–Crippen LogP) is 1.11. The van der Waals surface area contributed by atoms with Gasteiger partial charge >= 0.3 is 6.09 Å². The van der Waals surface area contributed by atoms with E-state index in [9.17, 15) is 0 Å². The van der Waals surface area contributed by atoms with Crippen LogP contribution in [0.15, 0.2) is 30.3 Å². The van der Waals surface area contributed by atoms with Crippen LogP contribution in [0.5, 0.6) is 0 Å². The van der Waals surface area contributed by atoms with Crippen LogP contribution in [0.25, 0.3) is 0 Å². The summed E-state index contributed by atoms with van der Waals surface area (Å²) in [5.74, 6) is 0. The largest absolute Gasteiger partial charge is 0.465 e. The van der Waals surface area contributed by atoms with Crippen LogP contribution >= 0.6 is 0 Å². The fourth-order valence-electron chi connectivity index (χ4n) is 0.342. The smallest absolute Gasteiger partial charge is 0.402 e. The number of carbonyl (C=O) groups is 1. The molecule has 0 saturated carbocycles. The van der Waals surface area contributed by atoms with Crippen molar-refractivity contribution in [2.45, 2.75) is 0 Å². The third kappa shape index (κ3) is 17.7. The van der Waals surface area contributed by atoms with Crippen molar-refractivity contribution in [2.24, 2.45) is 5.73 Å². The molecule has 0 spiro atoms. The second kappa shape index (κ2) is 9.54. The molecule has 3 N–H and O–H groups in total. The Kier molecular flexibility index (Phi) is 11.4. The van der Waals surface area contributed by atoms with E-state index in [0.717, 1.165) is 0 Å². The quantitative estimate of drug-likeness (QED) is 0.667. The summed E-state index contributed by atoms with van der Waals surface area (Å²) in [6.07, 6.45) is -1.33. The van der Waals surface area contributed by atoms with Gasteiger partial charge in [0.25, 0.3) is 0 Å². The summed E-state index contributed by atoms with van der Waals surface area (Å²) in [6, 6.07) is 12.5. The Balaban J connectivity index is 0. The Hall–Kier alpha value is -0.458. The van der Waals surface area contributed by atoms with Crippen LogP contribution in [0.2, 0.25) is 0 Å². The maximum Gasteiger partial charge on any atom is 0.402 e. The van der Waals surface area contributed by atoms with Crippen molar-refractivity contribution in [3.05, 3.63) is 36.4 Å². The van der Waals surface area contributed by atoms with Crippen molar-refractivity contribution in [1.29, 1.82) is 0 Å². The number of primary amides is 1. The normalized spacial score (nSPS) is 6.55. The first kappa shape index (κ1) is 13.2. The Morgan fingerprint density at radius 1 is 1.27 bits per heavy atom. The molecule has 4 heteroatoms. The SMILES string of the molecule is NC(=O)O.[U].[c-]1ccccc1. The summed E-state index contributed by atoms with van der Waals surface area (Å²) in [4.78, 5) is 8.78. The van der Waals surface area contributed by atoms with Gasteiger partial charge in [0.2, 0.25) is 0 Å². The minimum Gasteiger partial charge on any atom is -0.465 e. The third-order valence-electron chi connectivity index (χ3n) is 0.607. The van der Waals surface area contributed by atoms with Crippen LogP contribution < -0.4 is 5.73 Å². The van der Waals surface area contributed by atoms with Gasteiger partial charge in [0.05, 0.1) is 0 Å². The van der Waals surface area contributed by atoms with E-state index in [-0.39, 0.29) is 31.1 Å². The second-order valence-corrected chi connectivity index (χ2v) is 1.42. The van der Waals surface area contributed by atoms with E-state index in [1.54, 1.807) is 0 Å². The van der Waals surface area contributed by atoms with Crippen LogP contribution in [0, 0.1) is 37.2 Å². The van der Waals surface area contributed by atoms with Crippen molar-refractivity contribution in [3.8, 4) is 0 Å². The van der Waals surface area contributed by atoms with Crippen molar-refractivity contribution in [1.82, 2.24) is 0 Å². The molecule has 0 aromatic heterocycles. The summed E-state index contributed by atoms with van der Waals surface area (Å²) in [6.45, 7) is 0. The number of hydrogen-bond donors (Lipinski definition) is 2. The zero-order chi connectivity index (χ0) is 7.82. The van der Waals surface area contributed by atoms with Crippen molar-refractivity contribution in [3.63, 3.8) is 0 Å². The molecule has 0 unspecified atom stereocenters. The fraction of sp³-hybridized carbons (Fsp3) is 0. The first-order valence-electron chi connectivity index (χ1n) is 2.63. The molecular weight excluding hydrogens is 368 g/mol. The van der Waals surface area contributed by atoms with Crippen LogP contribution in [0.3, 0.4) is 0 Å². The predicted molar refractivity (Wildman–Crippen MR) is 37.5 cm³/mol. The molecule has 0 aliphatic carbocycles. The molecule has 0 saturated heterocycles. The fourth-order valence-corrected chi connectivity index (χ4v) is 0.342. The van der Waals surface area contributed by atoms with E-state index in [1.807, 2.05) is 30.3 Å². The summed E-state index contributed by atoms with van der Waals surface area (Å²) in [7, 11) is 0. The minimum absolute atomic E-state index is 0. The van der Waals surface area contributed by atoms with E-state index in [1.165, 1.54) is 0 Å². The maximum absolute atomic E-state index is 8.78. The number of nitrogens with two attached hydrogens (primary N) is 1. The van der Waals surface area contributed by atoms with Crippen LogP contribution in [-0.4, -0.2) is 11.2 Å². The van der Waals surface area contributed by atoms with E-state index >= 15 is 0 Å². The first-order chi connectivity index (χ1) is 4.73. The second-order valence-electron chi connectivity index (χ2n) is 1.42. The Bertz CT molecular complexity index is 148. The zero-order valence-electron chi connectivity index (χ0n) is 5.82. The van der Waals surface area contributed by atoms with Gasteiger partial charge in [-0.25, -0.2) is 4.79 Å². The molecule has 1 rings (SSSR count). The first-order valence-corrected chi connectivity index (χ1v) is 2.63. The topological polar surface area (TPSA) is 63.3 Å². The molecule has 0 atom stereocenters. The number of hydrogen-bond acceptors (Lipinski definition) is 1. The Morgan fingerprint density at radius 2 is 1.64 bits per heavy atom. The summed E-state index contributed by atoms with van der Waals surface area (Å²) >= 11 is 0. The van der Waals surface area contributed by atoms with Gasteiger partial charge in [-0.3, -0.25) is 0 Å². The molecule has 0 heterocycles. The molecule has 1 amide bonds. The van der Waals surface area contributed by atoms with Crippen molar-refractivity contribution in [2.75, 3.05) is 0 Å². The molecular formula is C7H8NO2U-. The van der Waals surface area contributed by atoms with Gasteiger partial charge in [0.15, 0.2) is 0 Å². The Morgan fingerprint density at radius 3 is 1.73 bits per heavy atom. The number of rotatable bonds is 0. The van der Waals surface area contributed by atoms with Crippen LogP contribution in [0.1, 0.15) is 0 Å². The van der Waals surface area contributed by atoms with E-state index in [2.05, 4.69) is 11.8 Å². The van der Waals surface area contributed by atoms with Gasteiger partial charge in [-0.15, -0.1) is 0 Å². The standard InChI is InChI=1S/C6H5.CH3NO2.U/c1-2-4-6-5-3-1;2-1(3)4;/h1-5H;2H2,(H,3,4);/q-1;;. The molecule has 1 aromatic carbocycles. The number of amides is 1. The maximum atomic E-state index is 8.78. The zero-order valence-corrected chi connectivity index (χ0v) is 9.98. The molecule has 0 fully saturated rings. The Labute approximate surface area is 89.0 Å². The molecule has 1 aromatic rings. The molecule has 0 aliphatic rings. The van der Waals surface area contributed by atoms with Gasteiger partial charge in [0.1, 0.15) is 0 Å². The van der Waals surface area contributed by atoms with E-state index < -0.39 is 6.09 Å².